The van der Waals surface area contributed by atoms with Gasteiger partial charge in [0.25, 0.3) is 11.6 Å². The molecule has 30 heavy (non-hydrogen) atoms. The number of fused-ring (bicyclic) bond motifs is 1. The smallest absolute Gasteiger partial charge is 0.284 e. The molecule has 2 aromatic carbocycles. The lowest BCUT2D eigenvalue weighted by Gasteiger charge is -2.11. The van der Waals surface area contributed by atoms with Crippen LogP contribution in [0, 0.1) is 10.1 Å². The van der Waals surface area contributed by atoms with Crippen molar-refractivity contribution in [1.29, 1.82) is 0 Å². The molecule has 0 unspecified atom stereocenters. The Hall–Kier alpha value is -2.78. The topological polar surface area (TPSA) is 103 Å². The Balaban J connectivity index is 1.63. The number of halogens is 2. The average Bonchev–Trinajstić information content (AvgIpc) is 2.97. The van der Waals surface area contributed by atoms with Crippen LogP contribution in [0.15, 0.2) is 40.9 Å². The summed E-state index contributed by atoms with van der Waals surface area (Å²) in [6.45, 7) is 0.827. The van der Waals surface area contributed by atoms with Crippen LogP contribution < -0.4 is 5.32 Å². The number of anilines is 1. The van der Waals surface area contributed by atoms with Crippen LogP contribution in [0.1, 0.15) is 35.4 Å². The van der Waals surface area contributed by atoms with E-state index in [-0.39, 0.29) is 11.3 Å². The molecule has 1 aliphatic heterocycles. The normalized spacial score (nSPS) is 13.4. The SMILES string of the molecule is O=C(Nc1ccc(Cl)c(-c2nnc3n2CCCCC3)c1)c1ccc(Br)c([N+](=O)[O-])c1. The maximum Gasteiger partial charge on any atom is 0.284 e. The number of aromatic nitrogens is 3. The minimum Gasteiger partial charge on any atom is -0.322 e. The quantitative estimate of drug-likeness (QED) is 0.397. The predicted octanol–water partition coefficient (Wildman–Crippen LogP) is 5.25. The van der Waals surface area contributed by atoms with Gasteiger partial charge in [-0.2, -0.15) is 0 Å². The molecule has 0 fully saturated rings. The number of carbonyl (C=O) groups is 1. The molecule has 10 heteroatoms. The number of nitrogens with zero attached hydrogens (tertiary/aromatic N) is 4. The van der Waals surface area contributed by atoms with E-state index in [0.29, 0.717) is 26.6 Å². The fourth-order valence-corrected chi connectivity index (χ4v) is 4.05. The van der Waals surface area contributed by atoms with Crippen molar-refractivity contribution in [2.75, 3.05) is 5.32 Å². The fourth-order valence-electron chi connectivity index (χ4n) is 3.46. The molecule has 154 valence electrons. The summed E-state index contributed by atoms with van der Waals surface area (Å²) in [5.74, 6) is 1.15. The lowest BCUT2D eigenvalue weighted by molar-refractivity contribution is -0.385. The van der Waals surface area contributed by atoms with Crippen LogP contribution in [-0.4, -0.2) is 25.6 Å². The van der Waals surface area contributed by atoms with E-state index in [1.165, 1.54) is 18.2 Å². The summed E-state index contributed by atoms with van der Waals surface area (Å²) in [5.41, 5.74) is 1.19. The fraction of sp³-hybridized carbons (Fsp3) is 0.250. The molecule has 1 aliphatic rings. The molecule has 8 nitrogen and oxygen atoms in total. The molecule has 0 radical (unpaired) electrons. The summed E-state index contributed by atoms with van der Waals surface area (Å²) in [5, 5.41) is 23.0. The molecule has 3 aromatic rings. The third kappa shape index (κ3) is 4.08. The number of carbonyl (C=O) groups excluding carboxylic acids is 1. The van der Waals surface area contributed by atoms with E-state index in [1.807, 2.05) is 0 Å². The van der Waals surface area contributed by atoms with Gasteiger partial charge in [0.15, 0.2) is 5.82 Å². The molecule has 1 amide bonds. The van der Waals surface area contributed by atoms with Crippen LogP contribution in [-0.2, 0) is 13.0 Å². The van der Waals surface area contributed by atoms with E-state index in [1.54, 1.807) is 18.2 Å². The van der Waals surface area contributed by atoms with E-state index in [9.17, 15) is 14.9 Å². The van der Waals surface area contributed by atoms with Gasteiger partial charge in [-0.1, -0.05) is 18.0 Å². The van der Waals surface area contributed by atoms with Crippen molar-refractivity contribution in [3.05, 3.63) is 67.4 Å². The van der Waals surface area contributed by atoms with Crippen molar-refractivity contribution in [3.8, 4) is 11.4 Å². The second-order valence-electron chi connectivity index (χ2n) is 6.97. The van der Waals surface area contributed by atoms with Gasteiger partial charge in [0.1, 0.15) is 5.82 Å². The number of nitro benzene ring substituents is 1. The van der Waals surface area contributed by atoms with Crippen molar-refractivity contribution in [3.63, 3.8) is 0 Å². The van der Waals surface area contributed by atoms with Crippen LogP contribution in [0.5, 0.6) is 0 Å². The van der Waals surface area contributed by atoms with Crippen molar-refractivity contribution in [2.45, 2.75) is 32.2 Å². The number of rotatable bonds is 4. The minimum absolute atomic E-state index is 0.175. The van der Waals surface area contributed by atoms with E-state index in [4.69, 9.17) is 11.6 Å². The largest absolute Gasteiger partial charge is 0.322 e. The number of benzene rings is 2. The van der Waals surface area contributed by atoms with E-state index in [2.05, 4.69) is 36.0 Å². The molecule has 0 aliphatic carbocycles. The summed E-state index contributed by atoms with van der Waals surface area (Å²) in [4.78, 5) is 23.2. The van der Waals surface area contributed by atoms with Crippen LogP contribution in [0.3, 0.4) is 0 Å². The standard InChI is InChI=1S/C20H17BrClN5O3/c21-15-7-5-12(10-17(15)27(29)30)20(28)23-13-6-8-16(22)14(11-13)19-25-24-18-4-2-1-3-9-26(18)19/h5-8,10-11H,1-4,9H2,(H,23,28). The number of amides is 1. The van der Waals surface area contributed by atoms with Crippen LogP contribution in [0.4, 0.5) is 11.4 Å². The van der Waals surface area contributed by atoms with Gasteiger partial charge in [0.2, 0.25) is 0 Å². The molecule has 0 saturated carbocycles. The molecule has 0 spiro atoms. The van der Waals surface area contributed by atoms with Gasteiger partial charge in [-0.3, -0.25) is 14.9 Å². The number of nitro groups is 1. The van der Waals surface area contributed by atoms with Gasteiger partial charge in [-0.25, -0.2) is 0 Å². The first-order valence-electron chi connectivity index (χ1n) is 9.41. The molecule has 1 N–H and O–H groups in total. The van der Waals surface area contributed by atoms with Gasteiger partial charge >= 0.3 is 0 Å². The first-order chi connectivity index (χ1) is 14.4. The van der Waals surface area contributed by atoms with Crippen molar-refractivity contribution >= 4 is 44.8 Å². The average molecular weight is 491 g/mol. The molecule has 0 atom stereocenters. The molecule has 0 saturated heterocycles. The van der Waals surface area contributed by atoms with Gasteiger partial charge in [0, 0.05) is 35.8 Å². The monoisotopic (exact) mass is 489 g/mol. The summed E-state index contributed by atoms with van der Waals surface area (Å²) in [6.07, 6.45) is 4.16. The number of aryl methyl sites for hydroxylation is 1. The highest BCUT2D eigenvalue weighted by Crippen LogP contribution is 2.32. The van der Waals surface area contributed by atoms with Crippen molar-refractivity contribution in [1.82, 2.24) is 14.8 Å². The number of hydrogen-bond acceptors (Lipinski definition) is 5. The second-order valence-corrected chi connectivity index (χ2v) is 8.24. The van der Waals surface area contributed by atoms with Crippen LogP contribution >= 0.6 is 27.5 Å². The van der Waals surface area contributed by atoms with Gasteiger partial charge in [-0.05, 0) is 59.1 Å². The zero-order chi connectivity index (χ0) is 21.3. The molecule has 0 bridgehead atoms. The summed E-state index contributed by atoms with van der Waals surface area (Å²) < 4.78 is 2.39. The van der Waals surface area contributed by atoms with E-state index in [0.717, 1.165) is 38.1 Å². The maximum atomic E-state index is 12.6. The van der Waals surface area contributed by atoms with Gasteiger partial charge < -0.3 is 9.88 Å². The Labute approximate surface area is 185 Å². The summed E-state index contributed by atoms with van der Waals surface area (Å²) in [7, 11) is 0. The second kappa shape index (κ2) is 8.53. The summed E-state index contributed by atoms with van der Waals surface area (Å²) in [6, 6.07) is 9.34. The molecular weight excluding hydrogens is 474 g/mol. The predicted molar refractivity (Wildman–Crippen MR) is 117 cm³/mol. The Kier molecular flexibility index (Phi) is 5.83. The Morgan fingerprint density at radius 1 is 1.17 bits per heavy atom. The summed E-state index contributed by atoms with van der Waals surface area (Å²) >= 11 is 9.54. The molecule has 1 aromatic heterocycles. The van der Waals surface area contributed by atoms with Crippen LogP contribution in [0.2, 0.25) is 5.02 Å². The molecule has 4 rings (SSSR count). The molecule has 2 heterocycles. The molecular formula is C20H17BrClN5O3. The number of nitrogens with one attached hydrogen (secondary N) is 1. The highest BCUT2D eigenvalue weighted by Gasteiger charge is 2.20. The zero-order valence-corrected chi connectivity index (χ0v) is 18.1. The van der Waals surface area contributed by atoms with Gasteiger partial charge in [-0.15, -0.1) is 10.2 Å². The maximum absolute atomic E-state index is 12.6. The van der Waals surface area contributed by atoms with E-state index < -0.39 is 10.8 Å². The highest BCUT2D eigenvalue weighted by atomic mass is 79.9. The lowest BCUT2D eigenvalue weighted by Crippen LogP contribution is -2.12. The minimum atomic E-state index is -0.543. The van der Waals surface area contributed by atoms with Gasteiger partial charge in [0.05, 0.1) is 14.4 Å². The van der Waals surface area contributed by atoms with Crippen LogP contribution in [0.25, 0.3) is 11.4 Å². The number of hydrogen-bond donors (Lipinski definition) is 1. The zero-order valence-electron chi connectivity index (χ0n) is 15.8. The Bertz CT molecular complexity index is 1150. The third-order valence-electron chi connectivity index (χ3n) is 4.98. The van der Waals surface area contributed by atoms with Crippen molar-refractivity contribution < 1.29 is 9.72 Å². The van der Waals surface area contributed by atoms with Crippen molar-refractivity contribution in [2.24, 2.45) is 0 Å². The highest BCUT2D eigenvalue weighted by molar-refractivity contribution is 9.10. The lowest BCUT2D eigenvalue weighted by atomic mass is 10.1. The van der Waals surface area contributed by atoms with E-state index >= 15 is 0 Å². The first kappa shape index (κ1) is 20.5. The Morgan fingerprint density at radius 2 is 2.00 bits per heavy atom. The Morgan fingerprint density at radius 3 is 2.80 bits per heavy atom. The third-order valence-corrected chi connectivity index (χ3v) is 5.98. The first-order valence-corrected chi connectivity index (χ1v) is 10.6.